The van der Waals surface area contributed by atoms with Crippen LogP contribution >= 0.6 is 23.1 Å². The minimum atomic E-state index is -0.247. The maximum atomic E-state index is 11.7. The highest BCUT2D eigenvalue weighted by atomic mass is 32.2. The molecule has 0 atom stereocenters. The summed E-state index contributed by atoms with van der Waals surface area (Å²) < 4.78 is 11.3. The van der Waals surface area contributed by atoms with E-state index in [0.29, 0.717) is 27.6 Å². The number of amides is 1. The molecule has 24 heavy (non-hydrogen) atoms. The van der Waals surface area contributed by atoms with Gasteiger partial charge >= 0.3 is 0 Å². The Morgan fingerprint density at radius 2 is 2.29 bits per heavy atom. The van der Waals surface area contributed by atoms with Crippen molar-refractivity contribution < 1.29 is 14.3 Å². The smallest absolute Gasteiger partial charge is 0.250 e. The van der Waals surface area contributed by atoms with Crippen molar-refractivity contribution in [3.05, 3.63) is 23.8 Å². The third-order valence-electron chi connectivity index (χ3n) is 2.64. The normalized spacial score (nSPS) is 10.8. The Labute approximate surface area is 147 Å². The van der Waals surface area contributed by atoms with Crippen LogP contribution in [-0.2, 0) is 4.79 Å². The molecule has 2 aromatic rings. The first-order valence-electron chi connectivity index (χ1n) is 6.97. The van der Waals surface area contributed by atoms with Gasteiger partial charge in [-0.15, -0.1) is 10.2 Å². The Hall–Kier alpha value is -2.33. The number of hydrogen-bond acceptors (Lipinski definition) is 9. The Balaban J connectivity index is 1.85. The molecule has 0 bridgehead atoms. The van der Waals surface area contributed by atoms with E-state index >= 15 is 0 Å². The van der Waals surface area contributed by atoms with Gasteiger partial charge in [-0.25, -0.2) is 5.43 Å². The van der Waals surface area contributed by atoms with E-state index in [1.807, 2.05) is 13.0 Å². The zero-order chi connectivity index (χ0) is 17.4. The average Bonchev–Trinajstić information content (AvgIpc) is 3.00. The molecule has 10 heteroatoms. The van der Waals surface area contributed by atoms with Crippen LogP contribution in [0, 0.1) is 0 Å². The molecule has 1 heterocycles. The number of ether oxygens (including phenoxy) is 2. The summed E-state index contributed by atoms with van der Waals surface area (Å²) in [6.45, 7) is 2.45. The van der Waals surface area contributed by atoms with Crippen LogP contribution < -0.4 is 20.6 Å². The molecule has 1 aromatic carbocycles. The van der Waals surface area contributed by atoms with Crippen LogP contribution in [0.5, 0.6) is 11.5 Å². The van der Waals surface area contributed by atoms with Gasteiger partial charge in [-0.3, -0.25) is 4.79 Å². The standard InChI is InChI=1S/C14H17N5O3S2/c1-3-22-10-5-4-9(6-11(10)21-2)7-16-17-12(20)8-23-14-19-18-13(15)24-14/h4-7H,3,8H2,1-2H3,(H2,15,18)(H,17,20). The first-order chi connectivity index (χ1) is 11.6. The van der Waals surface area contributed by atoms with E-state index in [1.54, 1.807) is 19.2 Å². The summed E-state index contributed by atoms with van der Waals surface area (Å²) in [4.78, 5) is 11.7. The fourth-order valence-corrected chi connectivity index (χ4v) is 3.08. The van der Waals surface area contributed by atoms with Crippen LogP contribution in [0.4, 0.5) is 5.13 Å². The number of aromatic nitrogens is 2. The average molecular weight is 367 g/mol. The fraction of sp³-hybridized carbons (Fsp3) is 0.286. The highest BCUT2D eigenvalue weighted by molar-refractivity contribution is 8.01. The number of carbonyl (C=O) groups excluding carboxylic acids is 1. The first-order valence-corrected chi connectivity index (χ1v) is 8.77. The topological polar surface area (TPSA) is 112 Å². The highest BCUT2D eigenvalue weighted by Crippen LogP contribution is 2.27. The summed E-state index contributed by atoms with van der Waals surface area (Å²) in [5.74, 6) is 1.20. The van der Waals surface area contributed by atoms with Crippen LogP contribution in [0.15, 0.2) is 27.6 Å². The van der Waals surface area contributed by atoms with Gasteiger partial charge in [-0.05, 0) is 30.7 Å². The molecule has 0 saturated carbocycles. The third kappa shape index (κ3) is 5.39. The summed E-state index contributed by atoms with van der Waals surface area (Å²) >= 11 is 2.49. The van der Waals surface area contributed by atoms with E-state index < -0.39 is 0 Å². The molecule has 0 saturated heterocycles. The summed E-state index contributed by atoms with van der Waals surface area (Å²) in [5, 5.41) is 11.8. The van der Waals surface area contributed by atoms with Crippen molar-refractivity contribution in [2.24, 2.45) is 5.10 Å². The predicted octanol–water partition coefficient (Wildman–Crippen LogP) is 1.77. The minimum Gasteiger partial charge on any atom is -0.493 e. The van der Waals surface area contributed by atoms with Gasteiger partial charge in [0.15, 0.2) is 15.8 Å². The van der Waals surface area contributed by atoms with E-state index in [4.69, 9.17) is 15.2 Å². The molecule has 0 aliphatic carbocycles. The quantitative estimate of drug-likeness (QED) is 0.415. The lowest BCUT2D eigenvalue weighted by Gasteiger charge is -2.09. The maximum absolute atomic E-state index is 11.7. The second-order valence-electron chi connectivity index (χ2n) is 4.33. The SMILES string of the molecule is CCOc1ccc(C=NNC(=O)CSc2nnc(N)s2)cc1OC. The number of thioether (sulfide) groups is 1. The molecule has 1 amide bonds. The fourth-order valence-electron chi connectivity index (χ4n) is 1.66. The van der Waals surface area contributed by atoms with Crippen molar-refractivity contribution in [3.63, 3.8) is 0 Å². The van der Waals surface area contributed by atoms with Crippen molar-refractivity contribution in [2.75, 3.05) is 25.2 Å². The van der Waals surface area contributed by atoms with Crippen molar-refractivity contribution in [1.82, 2.24) is 15.6 Å². The Morgan fingerprint density at radius 1 is 1.46 bits per heavy atom. The number of carbonyl (C=O) groups is 1. The molecule has 128 valence electrons. The van der Waals surface area contributed by atoms with Gasteiger partial charge < -0.3 is 15.2 Å². The van der Waals surface area contributed by atoms with E-state index in [9.17, 15) is 4.79 Å². The molecule has 1 aromatic heterocycles. The number of nitrogen functional groups attached to an aromatic ring is 1. The van der Waals surface area contributed by atoms with Crippen molar-refractivity contribution >= 4 is 40.4 Å². The molecule has 0 radical (unpaired) electrons. The largest absolute Gasteiger partial charge is 0.493 e. The van der Waals surface area contributed by atoms with Gasteiger partial charge in [0.2, 0.25) is 5.13 Å². The number of nitrogens with two attached hydrogens (primary N) is 1. The monoisotopic (exact) mass is 367 g/mol. The molecule has 2 rings (SSSR count). The van der Waals surface area contributed by atoms with Gasteiger partial charge in [0.05, 0.1) is 25.7 Å². The molecule has 0 fully saturated rings. The minimum absolute atomic E-state index is 0.179. The van der Waals surface area contributed by atoms with Crippen molar-refractivity contribution in [1.29, 1.82) is 0 Å². The molecule has 0 unspecified atom stereocenters. The van der Waals surface area contributed by atoms with Gasteiger partial charge in [0.25, 0.3) is 5.91 Å². The van der Waals surface area contributed by atoms with E-state index in [1.165, 1.54) is 29.3 Å². The summed E-state index contributed by atoms with van der Waals surface area (Å²) in [6, 6.07) is 5.39. The lowest BCUT2D eigenvalue weighted by atomic mass is 10.2. The molecular formula is C14H17N5O3S2. The number of nitrogens with one attached hydrogen (secondary N) is 1. The summed E-state index contributed by atoms with van der Waals surface area (Å²) in [5.41, 5.74) is 8.70. The number of nitrogens with zero attached hydrogens (tertiary/aromatic N) is 3. The molecule has 0 spiro atoms. The van der Waals surface area contributed by atoms with E-state index in [0.717, 1.165) is 5.56 Å². The maximum Gasteiger partial charge on any atom is 0.250 e. The second kappa shape index (κ2) is 9.08. The van der Waals surface area contributed by atoms with Crippen molar-refractivity contribution in [3.8, 4) is 11.5 Å². The van der Waals surface area contributed by atoms with E-state index in [2.05, 4.69) is 20.7 Å². The Morgan fingerprint density at radius 3 is 2.96 bits per heavy atom. The second-order valence-corrected chi connectivity index (χ2v) is 6.56. The Bertz CT molecular complexity index is 720. The van der Waals surface area contributed by atoms with Crippen LogP contribution in [0.3, 0.4) is 0 Å². The summed E-state index contributed by atoms with van der Waals surface area (Å²) in [7, 11) is 1.57. The number of methoxy groups -OCH3 is 1. The van der Waals surface area contributed by atoms with Gasteiger partial charge in [0, 0.05) is 0 Å². The van der Waals surface area contributed by atoms with E-state index in [-0.39, 0.29) is 11.7 Å². The molecule has 0 aliphatic rings. The highest BCUT2D eigenvalue weighted by Gasteiger charge is 2.06. The predicted molar refractivity (Wildman–Crippen MR) is 94.9 cm³/mol. The molecule has 3 N–H and O–H groups in total. The lowest BCUT2D eigenvalue weighted by Crippen LogP contribution is -2.19. The summed E-state index contributed by atoms with van der Waals surface area (Å²) in [6.07, 6.45) is 1.53. The van der Waals surface area contributed by atoms with Crippen LogP contribution in [0.25, 0.3) is 0 Å². The number of hydrazone groups is 1. The van der Waals surface area contributed by atoms with Gasteiger partial charge in [0.1, 0.15) is 0 Å². The molecule has 8 nitrogen and oxygen atoms in total. The zero-order valence-corrected chi connectivity index (χ0v) is 14.8. The number of anilines is 1. The number of hydrogen-bond donors (Lipinski definition) is 2. The zero-order valence-electron chi connectivity index (χ0n) is 13.2. The number of rotatable bonds is 8. The first kappa shape index (κ1) is 18.0. The number of benzene rings is 1. The van der Waals surface area contributed by atoms with Crippen LogP contribution in [0.1, 0.15) is 12.5 Å². The van der Waals surface area contributed by atoms with Crippen LogP contribution in [-0.4, -0.2) is 41.8 Å². The van der Waals surface area contributed by atoms with Crippen LogP contribution in [0.2, 0.25) is 0 Å². The molecular weight excluding hydrogens is 350 g/mol. The molecule has 0 aliphatic heterocycles. The van der Waals surface area contributed by atoms with Gasteiger partial charge in [-0.1, -0.05) is 23.1 Å². The third-order valence-corrected chi connectivity index (χ3v) is 4.52. The Kier molecular flexibility index (Phi) is 6.82. The lowest BCUT2D eigenvalue weighted by molar-refractivity contribution is -0.118. The van der Waals surface area contributed by atoms with Gasteiger partial charge in [-0.2, -0.15) is 5.10 Å². The van der Waals surface area contributed by atoms with Crippen molar-refractivity contribution in [2.45, 2.75) is 11.3 Å².